The van der Waals surface area contributed by atoms with Crippen molar-refractivity contribution in [3.8, 4) is 0 Å². The van der Waals surface area contributed by atoms with E-state index >= 15 is 0 Å². The van der Waals surface area contributed by atoms with E-state index in [2.05, 4.69) is 4.98 Å². The molecule has 82 valence electrons. The number of H-pyrrole nitrogens is 1. The number of aromatic nitrogens is 1. The number of thiazole rings is 1. The van der Waals surface area contributed by atoms with E-state index in [-0.39, 0.29) is 10.7 Å². The van der Waals surface area contributed by atoms with Crippen LogP contribution in [0.2, 0.25) is 0 Å². The fourth-order valence-corrected chi connectivity index (χ4v) is 2.16. The van der Waals surface area contributed by atoms with Crippen LogP contribution in [0.25, 0.3) is 0 Å². The zero-order valence-corrected chi connectivity index (χ0v) is 9.23. The molecule has 0 aliphatic rings. The first-order valence-electron chi connectivity index (χ1n) is 4.58. The molecule has 0 aliphatic heterocycles. The molecule has 1 heterocycles. The summed E-state index contributed by atoms with van der Waals surface area (Å²) >= 11 is 0.867. The van der Waals surface area contributed by atoms with Crippen molar-refractivity contribution >= 4 is 17.1 Å². The van der Waals surface area contributed by atoms with Crippen molar-refractivity contribution in [1.82, 2.24) is 4.98 Å². The molecule has 0 spiro atoms. The Kier molecular flexibility index (Phi) is 2.70. The summed E-state index contributed by atoms with van der Waals surface area (Å²) in [5.74, 6) is -0.656. The maximum atomic E-state index is 12.7. The maximum Gasteiger partial charge on any atom is 0.305 e. The summed E-state index contributed by atoms with van der Waals surface area (Å²) in [6.07, 6.45) is 0. The summed E-state index contributed by atoms with van der Waals surface area (Å²) in [6, 6.07) is 5.25. The van der Waals surface area contributed by atoms with Crippen LogP contribution >= 0.6 is 11.3 Å². The van der Waals surface area contributed by atoms with E-state index in [0.717, 1.165) is 11.3 Å². The second-order valence-electron chi connectivity index (χ2n) is 3.30. The molecular formula is C11H8FNO2S. The zero-order valence-electron chi connectivity index (χ0n) is 8.41. The molecule has 2 aromatic rings. The van der Waals surface area contributed by atoms with Crippen molar-refractivity contribution in [2.45, 2.75) is 6.92 Å². The van der Waals surface area contributed by atoms with Crippen LogP contribution in [0.3, 0.4) is 0 Å². The number of nitrogens with one attached hydrogen (secondary N) is 1. The number of carbonyl (C=O) groups is 1. The number of hydrogen-bond acceptors (Lipinski definition) is 3. The van der Waals surface area contributed by atoms with Gasteiger partial charge in [0.05, 0.1) is 4.88 Å². The number of halogens is 1. The van der Waals surface area contributed by atoms with Crippen molar-refractivity contribution in [2.75, 3.05) is 0 Å². The molecule has 0 unspecified atom stereocenters. The van der Waals surface area contributed by atoms with Crippen molar-refractivity contribution < 1.29 is 9.18 Å². The van der Waals surface area contributed by atoms with E-state index in [1.165, 1.54) is 24.3 Å². The molecule has 5 heteroatoms. The maximum absolute atomic E-state index is 12.7. The van der Waals surface area contributed by atoms with Gasteiger partial charge in [-0.05, 0) is 31.2 Å². The van der Waals surface area contributed by atoms with Gasteiger partial charge in [-0.3, -0.25) is 9.59 Å². The molecule has 1 N–H and O–H groups in total. The minimum atomic E-state index is -0.393. The molecule has 0 fully saturated rings. The van der Waals surface area contributed by atoms with Crippen LogP contribution in [0.5, 0.6) is 0 Å². The van der Waals surface area contributed by atoms with Crippen molar-refractivity contribution in [3.05, 3.63) is 55.9 Å². The van der Waals surface area contributed by atoms with Gasteiger partial charge in [-0.1, -0.05) is 11.3 Å². The highest BCUT2D eigenvalue weighted by Gasteiger charge is 2.15. The average molecular weight is 237 g/mol. The van der Waals surface area contributed by atoms with E-state index in [4.69, 9.17) is 0 Å². The Balaban J connectivity index is 2.43. The lowest BCUT2D eigenvalue weighted by atomic mass is 10.1. The Morgan fingerprint density at radius 2 is 1.94 bits per heavy atom. The fraction of sp³-hybridized carbons (Fsp3) is 0.0909. The highest BCUT2D eigenvalue weighted by Crippen LogP contribution is 2.15. The van der Waals surface area contributed by atoms with Crippen LogP contribution in [0.4, 0.5) is 4.39 Å². The topological polar surface area (TPSA) is 49.9 Å². The number of rotatable bonds is 2. The minimum Gasteiger partial charge on any atom is -0.316 e. The largest absolute Gasteiger partial charge is 0.316 e. The molecule has 0 saturated carbocycles. The second-order valence-corrected chi connectivity index (χ2v) is 4.29. The van der Waals surface area contributed by atoms with E-state index in [9.17, 15) is 14.0 Å². The Morgan fingerprint density at radius 1 is 1.31 bits per heavy atom. The molecule has 3 nitrogen and oxygen atoms in total. The van der Waals surface area contributed by atoms with E-state index in [1.54, 1.807) is 6.92 Å². The van der Waals surface area contributed by atoms with E-state index in [1.807, 2.05) is 0 Å². The SMILES string of the molecule is Cc1[nH]c(=O)sc1C(=O)c1ccc(F)cc1. The van der Waals surface area contributed by atoms with Crippen LogP contribution in [0, 0.1) is 12.7 Å². The van der Waals surface area contributed by atoms with Crippen LogP contribution in [0.1, 0.15) is 20.9 Å². The molecule has 0 atom stereocenters. The van der Waals surface area contributed by atoms with Crippen LogP contribution in [0.15, 0.2) is 29.1 Å². The summed E-state index contributed by atoms with van der Waals surface area (Å²) < 4.78 is 12.7. The first-order chi connectivity index (χ1) is 7.58. The van der Waals surface area contributed by atoms with Crippen LogP contribution < -0.4 is 4.87 Å². The lowest BCUT2D eigenvalue weighted by Gasteiger charge is -1.98. The molecule has 0 radical (unpaired) electrons. The lowest BCUT2D eigenvalue weighted by Crippen LogP contribution is -2.00. The summed E-state index contributed by atoms with van der Waals surface area (Å²) in [6.45, 7) is 1.66. The third-order valence-corrected chi connectivity index (χ3v) is 3.12. The fourth-order valence-electron chi connectivity index (χ4n) is 1.35. The number of carbonyl (C=O) groups excluding carboxylic acids is 1. The Labute approximate surface area is 94.6 Å². The van der Waals surface area contributed by atoms with Crippen molar-refractivity contribution in [3.63, 3.8) is 0 Å². The number of aryl methyl sites for hydroxylation is 1. The molecule has 0 saturated heterocycles. The van der Waals surface area contributed by atoms with Crippen LogP contribution in [-0.4, -0.2) is 10.8 Å². The smallest absolute Gasteiger partial charge is 0.305 e. The van der Waals surface area contributed by atoms with Gasteiger partial charge in [-0.25, -0.2) is 4.39 Å². The first kappa shape index (κ1) is 10.8. The van der Waals surface area contributed by atoms with Gasteiger partial charge in [-0.15, -0.1) is 0 Å². The molecule has 16 heavy (non-hydrogen) atoms. The van der Waals surface area contributed by atoms with Gasteiger partial charge < -0.3 is 4.98 Å². The van der Waals surface area contributed by atoms with Crippen molar-refractivity contribution in [1.29, 1.82) is 0 Å². The predicted molar refractivity (Wildman–Crippen MR) is 59.5 cm³/mol. The summed E-state index contributed by atoms with van der Waals surface area (Å²) in [7, 11) is 0. The van der Waals surface area contributed by atoms with Crippen molar-refractivity contribution in [2.24, 2.45) is 0 Å². The monoisotopic (exact) mass is 237 g/mol. The summed E-state index contributed by atoms with van der Waals surface area (Å²) in [4.78, 5) is 25.6. The summed E-state index contributed by atoms with van der Waals surface area (Å²) in [5.41, 5.74) is 0.920. The minimum absolute atomic E-state index is 0.261. The van der Waals surface area contributed by atoms with E-state index in [0.29, 0.717) is 16.1 Å². The normalized spacial score (nSPS) is 10.4. The number of benzene rings is 1. The van der Waals surface area contributed by atoms with Crippen LogP contribution in [-0.2, 0) is 0 Å². The predicted octanol–water partition coefficient (Wildman–Crippen LogP) is 2.11. The highest BCUT2D eigenvalue weighted by atomic mass is 32.1. The zero-order chi connectivity index (χ0) is 11.7. The number of hydrogen-bond donors (Lipinski definition) is 1. The van der Waals surface area contributed by atoms with E-state index < -0.39 is 5.82 Å². The third kappa shape index (κ3) is 1.94. The molecule has 0 bridgehead atoms. The molecule has 1 aromatic heterocycles. The summed E-state index contributed by atoms with van der Waals surface area (Å²) in [5, 5.41) is 0. The average Bonchev–Trinajstić information content (AvgIpc) is 2.58. The lowest BCUT2D eigenvalue weighted by molar-refractivity contribution is 0.104. The van der Waals surface area contributed by atoms with Gasteiger partial charge in [0.15, 0.2) is 0 Å². The molecule has 0 aliphatic carbocycles. The van der Waals surface area contributed by atoms with Gasteiger partial charge in [-0.2, -0.15) is 0 Å². The quantitative estimate of drug-likeness (QED) is 0.813. The second kappa shape index (κ2) is 4.02. The first-order valence-corrected chi connectivity index (χ1v) is 5.39. The Morgan fingerprint density at radius 3 is 2.44 bits per heavy atom. The molecule has 1 aromatic carbocycles. The third-order valence-electron chi connectivity index (χ3n) is 2.14. The Bertz CT molecular complexity index is 583. The number of ketones is 1. The molecular weight excluding hydrogens is 229 g/mol. The Hall–Kier alpha value is -1.75. The van der Waals surface area contributed by atoms with Gasteiger partial charge >= 0.3 is 4.87 Å². The van der Waals surface area contributed by atoms with Gasteiger partial charge in [0, 0.05) is 11.3 Å². The van der Waals surface area contributed by atoms with Gasteiger partial charge in [0.25, 0.3) is 0 Å². The highest BCUT2D eigenvalue weighted by molar-refractivity contribution is 7.11. The molecule has 0 amide bonds. The molecule has 2 rings (SSSR count). The number of aromatic amines is 1. The standard InChI is InChI=1S/C11H8FNO2S/c1-6-10(16-11(15)13-6)9(14)7-2-4-8(12)5-3-7/h2-5H,1H3,(H,13,15). The van der Waals surface area contributed by atoms with Gasteiger partial charge in [0.2, 0.25) is 5.78 Å². The van der Waals surface area contributed by atoms with Gasteiger partial charge in [0.1, 0.15) is 5.82 Å².